The molecule has 26 nitrogen and oxygen atoms in total. The van der Waals surface area contributed by atoms with E-state index in [1.54, 1.807) is 37.2 Å². The number of morpholine rings is 2. The lowest BCUT2D eigenvalue weighted by Gasteiger charge is -2.26. The van der Waals surface area contributed by atoms with Crippen LogP contribution in [0.1, 0.15) is 190 Å². The van der Waals surface area contributed by atoms with Crippen LogP contribution in [-0.2, 0) is 66.9 Å². The van der Waals surface area contributed by atoms with Crippen LogP contribution in [0.3, 0.4) is 0 Å². The van der Waals surface area contributed by atoms with Gasteiger partial charge in [-0.2, -0.15) is 0 Å². The zero-order valence-electron chi connectivity index (χ0n) is 71.0. The number of rotatable bonds is 22. The van der Waals surface area contributed by atoms with E-state index in [0.717, 1.165) is 176 Å². The molecular weight excluding hydrogens is 1590 g/mol. The van der Waals surface area contributed by atoms with Crippen molar-refractivity contribution >= 4 is 145 Å². The molecule has 6 aliphatic rings. The molecule has 0 amide bonds. The SMILES string of the molecule is CC(C)(C)OC(=O)CCCOc1ccc2c(ccc3occ([C@@H]4CCC(=O)CC4=O)c32)n1.CC(C)(C)OC(=O)CCCOc1ccc2c(ccc3occ([C@H]4CCC(=O)CC4=O)c32)n1.O=C1CC[C@@H](c2coc3ccc4c(OCCN5CCOCC5)cccc4c23)C(=O)C1.O=C1CC[C@H](c2coc3ccc4c(OCCN5CCOCC5)cccc4c23)C(=O)C1. The Morgan fingerprint density at radius 1 is 0.371 bits per heavy atom. The van der Waals surface area contributed by atoms with E-state index in [-0.39, 0.29) is 120 Å². The number of ketones is 8. The monoisotopic (exact) mass is 1690 g/mol. The summed E-state index contributed by atoms with van der Waals surface area (Å²) in [6.07, 6.45) is 12.1. The number of ether oxygens (including phenoxy) is 8. The minimum absolute atomic E-state index is 0.000894. The van der Waals surface area contributed by atoms with Crippen molar-refractivity contribution in [3.63, 3.8) is 0 Å². The Kier molecular flexibility index (Phi) is 27.3. The summed E-state index contributed by atoms with van der Waals surface area (Å²) < 4.78 is 68.1. The molecule has 4 saturated carbocycles. The van der Waals surface area contributed by atoms with Gasteiger partial charge in [-0.15, -0.1) is 0 Å². The van der Waals surface area contributed by atoms with E-state index in [0.29, 0.717) is 114 Å². The second-order valence-electron chi connectivity index (χ2n) is 34.4. The van der Waals surface area contributed by atoms with Gasteiger partial charge in [-0.1, -0.05) is 24.3 Å². The van der Waals surface area contributed by atoms with Gasteiger partial charge in [0.1, 0.15) is 105 Å². The first-order valence-electron chi connectivity index (χ1n) is 43.0. The summed E-state index contributed by atoms with van der Waals surface area (Å²) in [5.74, 6) is 0.810. The van der Waals surface area contributed by atoms with Crippen molar-refractivity contribution in [2.75, 3.05) is 92.1 Å². The molecule has 18 rings (SSSR count). The molecule has 648 valence electrons. The van der Waals surface area contributed by atoms with Crippen molar-refractivity contribution in [2.24, 2.45) is 0 Å². The Labute approximate surface area is 716 Å². The van der Waals surface area contributed by atoms with Crippen LogP contribution in [-0.4, -0.2) is 181 Å². The summed E-state index contributed by atoms with van der Waals surface area (Å²) in [7, 11) is 0. The Morgan fingerprint density at radius 2 is 0.685 bits per heavy atom. The highest BCUT2D eigenvalue weighted by Crippen LogP contribution is 2.45. The molecule has 6 fully saturated rings. The largest absolute Gasteiger partial charge is 0.492 e. The highest BCUT2D eigenvalue weighted by Gasteiger charge is 2.36. The minimum atomic E-state index is -0.493. The topological polar surface area (TPSA) is 329 Å². The van der Waals surface area contributed by atoms with Gasteiger partial charge in [0.25, 0.3) is 0 Å². The predicted molar refractivity (Wildman–Crippen MR) is 464 cm³/mol. The first-order chi connectivity index (χ1) is 59.8. The molecule has 124 heavy (non-hydrogen) atoms. The second kappa shape index (κ2) is 38.9. The van der Waals surface area contributed by atoms with Crippen molar-refractivity contribution in [3.8, 4) is 23.3 Å². The van der Waals surface area contributed by atoms with Gasteiger partial charge < -0.3 is 55.6 Å². The number of fused-ring (bicyclic) bond motifs is 12. The van der Waals surface area contributed by atoms with Gasteiger partial charge in [0.2, 0.25) is 11.8 Å². The number of nitrogens with zero attached hydrogens (tertiary/aromatic N) is 4. The summed E-state index contributed by atoms with van der Waals surface area (Å²) in [5, 5.41) is 9.43. The van der Waals surface area contributed by atoms with Gasteiger partial charge in [0.15, 0.2) is 0 Å². The molecule has 4 atom stereocenters. The standard InChI is InChI=1S/2C25H27NO6.2C24H25NO5/c2*1-25(2,3)32-23(29)5-4-12-30-22-11-8-17-19(26-22)9-10-21-24(17)18(14-31-21)16-7-6-15(27)13-20(16)28;2*26-16-4-5-17(21(27)14-16)20-15-30-23-7-6-18-19(24(20)23)2-1-3-22(18)29-13-10-25-8-11-28-12-9-25/h2*8-11,14,16H,4-7,12-13H2,1-3H3;2*1-3,6-7,15,17H,4-5,8-14H2/t2*16-;2*17-/m1010/s1. The summed E-state index contributed by atoms with van der Waals surface area (Å²) in [6, 6.07) is 34.7. The maximum absolute atomic E-state index is 12.5. The van der Waals surface area contributed by atoms with Crippen LogP contribution in [0.2, 0.25) is 0 Å². The van der Waals surface area contributed by atoms with Crippen molar-refractivity contribution in [1.82, 2.24) is 19.8 Å². The van der Waals surface area contributed by atoms with E-state index in [4.69, 9.17) is 55.6 Å². The molecule has 12 aromatic rings. The number of esters is 2. The Morgan fingerprint density at radius 3 is 1.01 bits per heavy atom. The van der Waals surface area contributed by atoms with Crippen molar-refractivity contribution < 1.29 is 104 Å². The lowest BCUT2D eigenvalue weighted by atomic mass is 9.81. The van der Waals surface area contributed by atoms with Gasteiger partial charge in [-0.3, -0.25) is 57.7 Å². The summed E-state index contributed by atoms with van der Waals surface area (Å²) in [6.45, 7) is 21.6. The molecule has 26 heteroatoms. The molecule has 8 heterocycles. The molecule has 0 radical (unpaired) electrons. The zero-order chi connectivity index (χ0) is 86.8. The average Bonchev–Trinajstić information content (AvgIpc) is 1.58. The zero-order valence-corrected chi connectivity index (χ0v) is 71.0. The summed E-state index contributed by atoms with van der Waals surface area (Å²) in [4.78, 5) is 134. The van der Waals surface area contributed by atoms with Crippen LogP contribution < -0.4 is 18.9 Å². The molecule has 0 unspecified atom stereocenters. The van der Waals surface area contributed by atoms with E-state index in [1.165, 1.54) is 0 Å². The molecule has 6 aromatic heterocycles. The highest BCUT2D eigenvalue weighted by molar-refractivity contribution is 6.16. The van der Waals surface area contributed by atoms with E-state index in [9.17, 15) is 47.9 Å². The lowest BCUT2D eigenvalue weighted by Crippen LogP contribution is -2.38. The summed E-state index contributed by atoms with van der Waals surface area (Å²) >= 11 is 0. The van der Waals surface area contributed by atoms with Crippen LogP contribution in [0, 0.1) is 0 Å². The minimum Gasteiger partial charge on any atom is -0.492 e. The van der Waals surface area contributed by atoms with Crippen LogP contribution >= 0.6 is 0 Å². The molecule has 0 N–H and O–H groups in total. The van der Waals surface area contributed by atoms with Crippen molar-refractivity contribution in [3.05, 3.63) is 157 Å². The number of aromatic nitrogens is 2. The Hall–Kier alpha value is -11.8. The van der Waals surface area contributed by atoms with Gasteiger partial charge in [0.05, 0.1) is 101 Å². The molecule has 0 spiro atoms. The third kappa shape index (κ3) is 21.0. The Bertz CT molecular complexity index is 5650. The van der Waals surface area contributed by atoms with E-state index < -0.39 is 11.2 Å². The third-order valence-electron chi connectivity index (χ3n) is 23.3. The normalized spacial score (nSPS) is 19.0. The van der Waals surface area contributed by atoms with Crippen LogP contribution in [0.25, 0.3) is 87.2 Å². The fourth-order valence-electron chi connectivity index (χ4n) is 17.3. The quantitative estimate of drug-likeness (QED) is 0.0345. The number of Topliss-reactive ketones (excluding diaryl/α,β-unsaturated/α-hetero) is 8. The van der Waals surface area contributed by atoms with E-state index in [1.807, 2.05) is 139 Å². The first-order valence-corrected chi connectivity index (χ1v) is 43.0. The maximum atomic E-state index is 12.5. The van der Waals surface area contributed by atoms with Crippen LogP contribution in [0.4, 0.5) is 0 Å². The molecule has 0 bridgehead atoms. The van der Waals surface area contributed by atoms with Crippen molar-refractivity contribution in [2.45, 2.75) is 179 Å². The fraction of sp³-hybridized carbons (Fsp3) is 0.429. The molecule has 6 aromatic carbocycles. The predicted octanol–water partition coefficient (Wildman–Crippen LogP) is 17.2. The lowest BCUT2D eigenvalue weighted by molar-refractivity contribution is -0.156. The third-order valence-corrected chi connectivity index (χ3v) is 23.3. The second-order valence-corrected chi connectivity index (χ2v) is 34.4. The number of hydrogen-bond acceptors (Lipinski definition) is 26. The summed E-state index contributed by atoms with van der Waals surface area (Å²) in [5.41, 5.74) is 6.76. The molecular formula is C98H104N4O22. The first kappa shape index (κ1) is 87.1. The average molecular weight is 1690 g/mol. The van der Waals surface area contributed by atoms with Gasteiger partial charge in [-0.25, -0.2) is 9.97 Å². The van der Waals surface area contributed by atoms with Gasteiger partial charge >= 0.3 is 11.9 Å². The smallest absolute Gasteiger partial charge is 0.306 e. The number of carbonyl (C=O) groups is 10. The van der Waals surface area contributed by atoms with Gasteiger partial charge in [-0.05, 0) is 164 Å². The number of benzene rings is 6. The number of hydrogen-bond donors (Lipinski definition) is 0. The van der Waals surface area contributed by atoms with E-state index >= 15 is 0 Å². The van der Waals surface area contributed by atoms with Crippen LogP contribution in [0.15, 0.2) is 152 Å². The molecule has 2 saturated heterocycles. The molecule has 2 aliphatic heterocycles. The highest BCUT2D eigenvalue weighted by atomic mass is 16.6. The number of pyridine rings is 2. The van der Waals surface area contributed by atoms with Gasteiger partial charge in [0, 0.05) is 179 Å². The number of carbonyl (C=O) groups excluding carboxylic acids is 10. The van der Waals surface area contributed by atoms with E-state index in [2.05, 4.69) is 19.8 Å². The molecule has 4 aliphatic carbocycles. The Balaban J connectivity index is 0.000000128. The fourth-order valence-corrected chi connectivity index (χ4v) is 17.3. The van der Waals surface area contributed by atoms with Crippen molar-refractivity contribution in [1.29, 1.82) is 0 Å². The maximum Gasteiger partial charge on any atom is 0.306 e. The number of furan rings is 4. The van der Waals surface area contributed by atoms with Crippen LogP contribution in [0.5, 0.6) is 23.3 Å².